The van der Waals surface area contributed by atoms with Crippen molar-refractivity contribution in [3.63, 3.8) is 0 Å². The van der Waals surface area contributed by atoms with E-state index in [1.54, 1.807) is 18.2 Å². The van der Waals surface area contributed by atoms with Gasteiger partial charge in [-0.1, -0.05) is 6.07 Å². The lowest BCUT2D eigenvalue weighted by Crippen LogP contribution is -2.22. The molecular weight excluding hydrogens is 472 g/mol. The molecule has 0 bridgehead atoms. The average Bonchev–Trinajstić information content (AvgIpc) is 3.68. The highest BCUT2D eigenvalue weighted by Gasteiger charge is 2.30. The maximum atomic E-state index is 12.7. The standard InChI is InChI=1S/C23H24N6O5S/c1-24-23(31)20-18(11-19(28-29-20)27-22(30)13-7-8-13)26-17-6-4-5-15(21(17)34-2)16-10-9-14(12-25-16)35(3,32)33/h4-6,9-13H,7-8H2,1-3H3,(H,24,31)(H2,26,27,28,30)/i1D3. The number of rotatable bonds is 8. The van der Waals surface area contributed by atoms with Crippen LogP contribution in [0, 0.1) is 5.92 Å². The van der Waals surface area contributed by atoms with Crippen LogP contribution in [0.5, 0.6) is 5.75 Å². The summed E-state index contributed by atoms with van der Waals surface area (Å²) < 4.78 is 51.2. The molecule has 1 aliphatic carbocycles. The predicted molar refractivity (Wildman–Crippen MR) is 129 cm³/mol. The zero-order valence-corrected chi connectivity index (χ0v) is 19.6. The quantitative estimate of drug-likeness (QED) is 0.424. The molecule has 0 radical (unpaired) electrons. The Hall–Kier alpha value is -4.06. The Kier molecular flexibility index (Phi) is 5.61. The Morgan fingerprint density at radius 1 is 1.14 bits per heavy atom. The van der Waals surface area contributed by atoms with Crippen LogP contribution in [0.15, 0.2) is 47.5 Å². The van der Waals surface area contributed by atoms with Crippen LogP contribution in [0.2, 0.25) is 0 Å². The van der Waals surface area contributed by atoms with Gasteiger partial charge < -0.3 is 20.7 Å². The van der Waals surface area contributed by atoms with Gasteiger partial charge in [0.25, 0.3) is 5.91 Å². The van der Waals surface area contributed by atoms with Crippen molar-refractivity contribution >= 4 is 38.8 Å². The Labute approximate surface area is 206 Å². The summed E-state index contributed by atoms with van der Waals surface area (Å²) in [5, 5.41) is 15.3. The number of benzene rings is 1. The van der Waals surface area contributed by atoms with Crippen molar-refractivity contribution in [2.75, 3.05) is 31.0 Å². The highest BCUT2D eigenvalue weighted by atomic mass is 32.2. The van der Waals surface area contributed by atoms with Gasteiger partial charge in [0.15, 0.2) is 27.1 Å². The molecule has 0 atom stereocenters. The van der Waals surface area contributed by atoms with Crippen LogP contribution in [0.4, 0.5) is 17.2 Å². The minimum atomic E-state index is -3.43. The van der Waals surface area contributed by atoms with E-state index >= 15 is 0 Å². The molecular formula is C23H24N6O5S. The normalized spacial score (nSPS) is 14.7. The predicted octanol–water partition coefficient (Wildman–Crippen LogP) is 2.40. The number of hydrogen-bond donors (Lipinski definition) is 3. The van der Waals surface area contributed by atoms with Crippen molar-refractivity contribution in [1.82, 2.24) is 20.5 Å². The van der Waals surface area contributed by atoms with E-state index in [9.17, 15) is 18.0 Å². The summed E-state index contributed by atoms with van der Waals surface area (Å²) in [4.78, 5) is 29.2. The van der Waals surface area contributed by atoms with Crippen LogP contribution in [-0.2, 0) is 14.6 Å². The van der Waals surface area contributed by atoms with Gasteiger partial charge in [0.05, 0.1) is 29.1 Å². The van der Waals surface area contributed by atoms with Crippen LogP contribution in [0.3, 0.4) is 0 Å². The summed E-state index contributed by atoms with van der Waals surface area (Å²) in [5.74, 6) is -0.968. The monoisotopic (exact) mass is 499 g/mol. The van der Waals surface area contributed by atoms with E-state index < -0.39 is 22.7 Å². The van der Waals surface area contributed by atoms with E-state index in [1.807, 2.05) is 5.32 Å². The van der Waals surface area contributed by atoms with E-state index in [0.717, 1.165) is 19.1 Å². The van der Waals surface area contributed by atoms with Crippen LogP contribution in [0.1, 0.15) is 27.4 Å². The molecule has 2 aromatic heterocycles. The zero-order chi connectivity index (χ0) is 27.7. The number of carbonyl (C=O) groups is 2. The first-order valence-corrected chi connectivity index (χ1v) is 12.4. The number of nitrogens with zero attached hydrogens (tertiary/aromatic N) is 3. The summed E-state index contributed by atoms with van der Waals surface area (Å²) in [6, 6.07) is 9.36. The first-order chi connectivity index (χ1) is 17.9. The number of ether oxygens (including phenoxy) is 1. The highest BCUT2D eigenvalue weighted by Crippen LogP contribution is 2.38. The number of anilines is 3. The van der Waals surface area contributed by atoms with Gasteiger partial charge in [0.1, 0.15) is 0 Å². The van der Waals surface area contributed by atoms with Crippen LogP contribution in [0.25, 0.3) is 11.3 Å². The van der Waals surface area contributed by atoms with Crippen molar-refractivity contribution in [1.29, 1.82) is 0 Å². The van der Waals surface area contributed by atoms with Crippen LogP contribution < -0.4 is 20.7 Å². The topological polar surface area (TPSA) is 152 Å². The third-order valence-electron chi connectivity index (χ3n) is 5.25. The van der Waals surface area contributed by atoms with E-state index in [0.29, 0.717) is 22.7 Å². The molecule has 0 unspecified atom stereocenters. The Morgan fingerprint density at radius 3 is 2.57 bits per heavy atom. The molecule has 3 aromatic rings. The molecule has 0 spiro atoms. The average molecular weight is 500 g/mol. The SMILES string of the molecule is [2H]C([2H])([2H])NC(=O)c1nnc(NC(=O)C2CC2)cc1Nc1cccc(-c2ccc(S(C)(=O)=O)cn2)c1OC. The van der Waals surface area contributed by atoms with Gasteiger partial charge >= 0.3 is 0 Å². The first kappa shape index (κ1) is 20.3. The second kappa shape index (κ2) is 9.66. The molecule has 12 heteroatoms. The van der Waals surface area contributed by atoms with Crippen LogP contribution in [-0.4, -0.2) is 55.8 Å². The first-order valence-electron chi connectivity index (χ1n) is 12.0. The fourth-order valence-electron chi connectivity index (χ4n) is 3.31. The second-order valence-corrected chi connectivity index (χ2v) is 9.89. The number of carbonyl (C=O) groups excluding carboxylic acids is 2. The molecule has 0 saturated heterocycles. The van der Waals surface area contributed by atoms with Crippen molar-refractivity contribution in [2.24, 2.45) is 5.92 Å². The largest absolute Gasteiger partial charge is 0.494 e. The Balaban J connectivity index is 1.73. The van der Waals surface area contributed by atoms with Gasteiger partial charge in [0, 0.05) is 41.1 Å². The molecule has 2 amide bonds. The lowest BCUT2D eigenvalue weighted by Gasteiger charge is -2.17. The molecule has 1 aliphatic rings. The van der Waals surface area contributed by atoms with Gasteiger partial charge in [-0.05, 0) is 37.1 Å². The molecule has 2 heterocycles. The van der Waals surface area contributed by atoms with Gasteiger partial charge in [-0.25, -0.2) is 8.42 Å². The molecule has 1 fully saturated rings. The van der Waals surface area contributed by atoms with Crippen LogP contribution >= 0.6 is 0 Å². The smallest absolute Gasteiger partial charge is 0.273 e. The van der Waals surface area contributed by atoms with E-state index in [4.69, 9.17) is 8.85 Å². The maximum Gasteiger partial charge on any atom is 0.273 e. The fourth-order valence-corrected chi connectivity index (χ4v) is 3.87. The van der Waals surface area contributed by atoms with Gasteiger partial charge in [-0.15, -0.1) is 10.2 Å². The summed E-state index contributed by atoms with van der Waals surface area (Å²) in [6.45, 7) is -2.77. The minimum Gasteiger partial charge on any atom is -0.494 e. The fraction of sp³-hybridized carbons (Fsp3) is 0.261. The molecule has 1 aromatic carbocycles. The molecule has 1 saturated carbocycles. The summed E-state index contributed by atoms with van der Waals surface area (Å²) in [7, 11) is -2.01. The number of aromatic nitrogens is 3. The second-order valence-electron chi connectivity index (χ2n) is 7.87. The number of sulfone groups is 1. The molecule has 35 heavy (non-hydrogen) atoms. The zero-order valence-electron chi connectivity index (χ0n) is 21.8. The van der Waals surface area contributed by atoms with Crippen molar-refractivity contribution in [3.8, 4) is 17.0 Å². The van der Waals surface area contributed by atoms with E-state index in [1.165, 1.54) is 31.5 Å². The number of amides is 2. The van der Waals surface area contributed by atoms with Crippen molar-refractivity contribution < 1.29 is 26.9 Å². The number of hydrogen-bond acceptors (Lipinski definition) is 9. The van der Waals surface area contributed by atoms with Gasteiger partial charge in [-0.2, -0.15) is 0 Å². The maximum absolute atomic E-state index is 12.7. The Bertz CT molecular complexity index is 1490. The summed E-state index contributed by atoms with van der Waals surface area (Å²) in [5.41, 5.74) is 1.02. The molecule has 3 N–H and O–H groups in total. The summed E-state index contributed by atoms with van der Waals surface area (Å²) in [6.07, 6.45) is 3.86. The number of para-hydroxylation sites is 1. The lowest BCUT2D eigenvalue weighted by molar-refractivity contribution is -0.117. The van der Waals surface area contributed by atoms with Crippen molar-refractivity contribution in [3.05, 3.63) is 48.3 Å². The molecule has 11 nitrogen and oxygen atoms in total. The minimum absolute atomic E-state index is 0.0584. The molecule has 0 aliphatic heterocycles. The van der Waals surface area contributed by atoms with Gasteiger partial charge in [0.2, 0.25) is 5.91 Å². The number of pyridine rings is 1. The number of nitrogens with one attached hydrogen (secondary N) is 3. The van der Waals surface area contributed by atoms with Crippen molar-refractivity contribution in [2.45, 2.75) is 17.7 Å². The van der Waals surface area contributed by atoms with E-state index in [-0.39, 0.29) is 33.9 Å². The van der Waals surface area contributed by atoms with Gasteiger partial charge in [-0.3, -0.25) is 14.6 Å². The lowest BCUT2D eigenvalue weighted by atomic mass is 10.1. The summed E-state index contributed by atoms with van der Waals surface area (Å²) >= 11 is 0. The van der Waals surface area contributed by atoms with E-state index in [2.05, 4.69) is 25.8 Å². The third kappa shape index (κ3) is 5.38. The highest BCUT2D eigenvalue weighted by molar-refractivity contribution is 7.90. The molecule has 4 rings (SSSR count). The third-order valence-corrected chi connectivity index (χ3v) is 6.35. The Morgan fingerprint density at radius 2 is 1.94 bits per heavy atom. The molecule has 182 valence electrons. The number of methoxy groups -OCH3 is 1.